The van der Waals surface area contributed by atoms with Crippen LogP contribution >= 0.6 is 0 Å². The molecule has 0 fully saturated rings. The van der Waals surface area contributed by atoms with E-state index in [-0.39, 0.29) is 0 Å². The number of hydrogen-bond donors (Lipinski definition) is 1. The Bertz CT molecular complexity index is 193. The lowest BCUT2D eigenvalue weighted by molar-refractivity contribution is 0.271. The minimum absolute atomic E-state index is 0.715. The molecule has 0 aliphatic rings. The number of hydrogen-bond acceptors (Lipinski definition) is 5. The second-order valence-corrected chi connectivity index (χ2v) is 3.32. The first-order chi connectivity index (χ1) is 3.92. The van der Waals surface area contributed by atoms with Gasteiger partial charge in [0, 0.05) is 11.3 Å². The SMILES string of the molecule is CS(=O)(=O)ONS(=O)[O-]. The molecule has 8 heteroatoms. The van der Waals surface area contributed by atoms with Crippen LogP contribution in [0.2, 0.25) is 0 Å². The van der Waals surface area contributed by atoms with E-state index in [0.29, 0.717) is 6.26 Å². The van der Waals surface area contributed by atoms with E-state index in [1.165, 1.54) is 4.89 Å². The molecule has 0 saturated heterocycles. The monoisotopic (exact) mass is 174 g/mol. The first kappa shape index (κ1) is 8.98. The van der Waals surface area contributed by atoms with Crippen molar-refractivity contribution in [3.63, 3.8) is 0 Å². The molecular weight excluding hydrogens is 170 g/mol. The van der Waals surface area contributed by atoms with Gasteiger partial charge in [0.05, 0.1) is 6.26 Å². The van der Waals surface area contributed by atoms with Gasteiger partial charge >= 0.3 is 0 Å². The maximum atomic E-state index is 9.98. The smallest absolute Gasteiger partial charge is 0.281 e. The van der Waals surface area contributed by atoms with Gasteiger partial charge in [0.1, 0.15) is 0 Å². The van der Waals surface area contributed by atoms with Crippen molar-refractivity contribution < 1.29 is 21.5 Å². The van der Waals surface area contributed by atoms with Gasteiger partial charge in [0.25, 0.3) is 10.1 Å². The van der Waals surface area contributed by atoms with E-state index in [2.05, 4.69) is 4.28 Å². The van der Waals surface area contributed by atoms with Crippen molar-refractivity contribution >= 4 is 21.4 Å². The van der Waals surface area contributed by atoms with Crippen molar-refractivity contribution in [1.82, 2.24) is 4.89 Å². The molecule has 0 amide bonds. The number of nitrogens with one attached hydrogen (secondary N) is 1. The van der Waals surface area contributed by atoms with Gasteiger partial charge in [0.15, 0.2) is 0 Å². The minimum Gasteiger partial charge on any atom is -0.758 e. The molecule has 0 radical (unpaired) electrons. The largest absolute Gasteiger partial charge is 0.758 e. The van der Waals surface area contributed by atoms with Gasteiger partial charge in [0.2, 0.25) is 0 Å². The highest BCUT2D eigenvalue weighted by Gasteiger charge is 1.98. The Morgan fingerprint density at radius 2 is 2.11 bits per heavy atom. The van der Waals surface area contributed by atoms with Gasteiger partial charge in [-0.1, -0.05) is 0 Å². The standard InChI is InChI=1S/CH5NO5S2/c1-9(5,6)7-2-8(3)4/h2H,1H3,(H,3,4)/p-1. The predicted octanol–water partition coefficient (Wildman–Crippen LogP) is -1.74. The molecule has 0 aromatic heterocycles. The molecule has 9 heavy (non-hydrogen) atoms. The van der Waals surface area contributed by atoms with Crippen molar-refractivity contribution in [3.05, 3.63) is 0 Å². The topological polar surface area (TPSA) is 95.5 Å². The Hall–Kier alpha value is -0.0200. The van der Waals surface area contributed by atoms with Crippen molar-refractivity contribution in [2.45, 2.75) is 0 Å². The molecule has 0 aromatic carbocycles. The Kier molecular flexibility index (Phi) is 3.22. The molecule has 0 aliphatic heterocycles. The second kappa shape index (κ2) is 3.22. The summed E-state index contributed by atoms with van der Waals surface area (Å²) in [6, 6.07) is 0. The summed E-state index contributed by atoms with van der Waals surface area (Å²) < 4.78 is 42.6. The average molecular weight is 174 g/mol. The van der Waals surface area contributed by atoms with Crippen LogP contribution in [0.5, 0.6) is 0 Å². The Labute approximate surface area is 54.7 Å². The summed E-state index contributed by atoms with van der Waals surface area (Å²) in [4.78, 5) is 1.21. The van der Waals surface area contributed by atoms with Crippen LogP contribution in [0.15, 0.2) is 0 Å². The average Bonchev–Trinajstić information content (AvgIpc) is 1.59. The first-order valence-corrected chi connectivity index (χ1v) is 4.54. The van der Waals surface area contributed by atoms with Crippen molar-refractivity contribution in [2.75, 3.05) is 6.26 Å². The molecule has 1 N–H and O–H groups in total. The Morgan fingerprint density at radius 1 is 1.67 bits per heavy atom. The Balaban J connectivity index is 3.67. The van der Waals surface area contributed by atoms with Crippen molar-refractivity contribution in [1.29, 1.82) is 0 Å². The first-order valence-electron chi connectivity index (χ1n) is 1.65. The van der Waals surface area contributed by atoms with Gasteiger partial charge in [-0.25, -0.2) is 0 Å². The quantitative estimate of drug-likeness (QED) is 0.405. The molecule has 0 saturated carbocycles. The molecule has 0 heterocycles. The zero-order valence-corrected chi connectivity index (χ0v) is 5.99. The lowest BCUT2D eigenvalue weighted by atomic mass is 12.0. The van der Waals surface area contributed by atoms with Crippen LogP contribution in [0.4, 0.5) is 0 Å². The molecule has 6 nitrogen and oxygen atoms in total. The highest BCUT2D eigenvalue weighted by Crippen LogP contribution is 1.79. The fourth-order valence-corrected chi connectivity index (χ4v) is 0.806. The van der Waals surface area contributed by atoms with E-state index in [4.69, 9.17) is 0 Å². The third-order valence-electron chi connectivity index (χ3n) is 0.253. The van der Waals surface area contributed by atoms with E-state index in [9.17, 15) is 17.2 Å². The number of rotatable bonds is 3. The summed E-state index contributed by atoms with van der Waals surface area (Å²) in [5, 5.41) is 0. The maximum absolute atomic E-state index is 9.98. The zero-order chi connectivity index (χ0) is 7.49. The van der Waals surface area contributed by atoms with Gasteiger partial charge in [-0.15, -0.1) is 4.89 Å². The summed E-state index contributed by atoms with van der Waals surface area (Å²) >= 11 is -2.71. The van der Waals surface area contributed by atoms with Crippen molar-refractivity contribution in [2.24, 2.45) is 0 Å². The summed E-state index contributed by atoms with van der Waals surface area (Å²) in [6.07, 6.45) is 0.715. The van der Waals surface area contributed by atoms with Gasteiger partial charge in [-0.05, 0) is 0 Å². The lowest BCUT2D eigenvalue weighted by Crippen LogP contribution is -2.20. The van der Waals surface area contributed by atoms with Crippen LogP contribution in [-0.4, -0.2) is 23.4 Å². The van der Waals surface area contributed by atoms with Crippen LogP contribution in [0.3, 0.4) is 0 Å². The molecule has 1 atom stereocenters. The highest BCUT2D eigenvalue weighted by molar-refractivity contribution is 7.86. The fraction of sp³-hybridized carbons (Fsp3) is 1.00. The lowest BCUT2D eigenvalue weighted by Gasteiger charge is -2.03. The molecule has 0 rings (SSSR count). The van der Waals surface area contributed by atoms with Crippen LogP contribution < -0.4 is 4.89 Å². The molecule has 56 valence electrons. The van der Waals surface area contributed by atoms with Crippen LogP contribution in [0.25, 0.3) is 0 Å². The molecule has 0 aromatic rings. The fourth-order valence-electron chi connectivity index (χ4n) is 0.0896. The van der Waals surface area contributed by atoms with E-state index in [1.54, 1.807) is 0 Å². The van der Waals surface area contributed by atoms with Crippen LogP contribution in [-0.2, 0) is 25.7 Å². The third kappa shape index (κ3) is 7.98. The van der Waals surface area contributed by atoms with E-state index < -0.39 is 21.4 Å². The van der Waals surface area contributed by atoms with Gasteiger partial charge in [-0.2, -0.15) is 12.7 Å². The summed E-state index contributed by atoms with van der Waals surface area (Å²) in [7, 11) is -3.72. The molecule has 0 aliphatic carbocycles. The molecule has 0 spiro atoms. The van der Waals surface area contributed by atoms with Crippen LogP contribution in [0, 0.1) is 0 Å². The zero-order valence-electron chi connectivity index (χ0n) is 4.36. The molecule has 0 bridgehead atoms. The van der Waals surface area contributed by atoms with Crippen molar-refractivity contribution in [3.8, 4) is 0 Å². The van der Waals surface area contributed by atoms with E-state index >= 15 is 0 Å². The Morgan fingerprint density at radius 3 is 2.22 bits per heavy atom. The highest BCUT2D eigenvalue weighted by atomic mass is 32.2. The van der Waals surface area contributed by atoms with Gasteiger partial charge < -0.3 is 4.55 Å². The minimum atomic E-state index is -3.72. The summed E-state index contributed by atoms with van der Waals surface area (Å²) in [5.41, 5.74) is 0. The predicted molar refractivity (Wildman–Crippen MR) is 28.0 cm³/mol. The maximum Gasteiger partial charge on any atom is 0.281 e. The van der Waals surface area contributed by atoms with E-state index in [1.807, 2.05) is 0 Å². The molecular formula is CH4NO5S2-. The summed E-state index contributed by atoms with van der Waals surface area (Å²) in [5.74, 6) is 0. The van der Waals surface area contributed by atoms with Gasteiger partial charge in [-0.3, -0.25) is 4.21 Å². The normalized spacial score (nSPS) is 15.3. The van der Waals surface area contributed by atoms with E-state index in [0.717, 1.165) is 0 Å². The third-order valence-corrected chi connectivity index (χ3v) is 0.964. The van der Waals surface area contributed by atoms with Crippen LogP contribution in [0.1, 0.15) is 0 Å². The molecule has 1 unspecified atom stereocenters. The second-order valence-electron chi connectivity index (χ2n) is 1.11. The summed E-state index contributed by atoms with van der Waals surface area (Å²) in [6.45, 7) is 0.